The zero-order valence-corrected chi connectivity index (χ0v) is 23.3. The van der Waals surface area contributed by atoms with Gasteiger partial charge in [0.15, 0.2) is 12.4 Å². The fourth-order valence-electron chi connectivity index (χ4n) is 6.92. The fourth-order valence-corrected chi connectivity index (χ4v) is 6.92. The Morgan fingerprint density at radius 3 is 2.07 bits per heavy atom. The molecule has 44 heavy (non-hydrogen) atoms. The minimum absolute atomic E-state index is 0.108. The second-order valence-electron chi connectivity index (χ2n) is 11.2. The lowest BCUT2D eigenvalue weighted by Crippen LogP contribution is -2.53. The quantitative estimate of drug-likeness (QED) is 0.134. The van der Waals surface area contributed by atoms with Crippen molar-refractivity contribution in [3.8, 4) is 33.6 Å². The van der Waals surface area contributed by atoms with Crippen molar-refractivity contribution in [1.29, 1.82) is 0 Å². The van der Waals surface area contributed by atoms with Gasteiger partial charge in [-0.1, -0.05) is 48.5 Å². The lowest BCUT2D eigenvalue weighted by molar-refractivity contribution is -0.727. The second-order valence-corrected chi connectivity index (χ2v) is 11.2. The van der Waals surface area contributed by atoms with Gasteiger partial charge in [0.05, 0.1) is 28.2 Å². The van der Waals surface area contributed by atoms with Gasteiger partial charge < -0.3 is 0 Å². The Morgan fingerprint density at radius 2 is 1.32 bits per heavy atom. The first kappa shape index (κ1) is 28.1. The first-order chi connectivity index (χ1) is 21.0. The topological polar surface area (TPSA) is 7.76 Å². The van der Waals surface area contributed by atoms with Gasteiger partial charge >= 0.3 is 12.4 Å². The predicted molar refractivity (Wildman–Crippen MR) is 155 cm³/mol. The van der Waals surface area contributed by atoms with Crippen LogP contribution in [0.4, 0.5) is 26.3 Å². The summed E-state index contributed by atoms with van der Waals surface area (Å²) in [5, 5.41) is 0. The molecule has 4 heterocycles. The van der Waals surface area contributed by atoms with Crippen LogP contribution < -0.4 is 9.13 Å². The van der Waals surface area contributed by atoms with E-state index in [1.807, 2.05) is 79.0 Å². The number of fused-ring (bicyclic) bond motifs is 9. The molecule has 7 rings (SSSR count). The number of nitrogens with zero attached hydrogens (tertiary/aromatic N) is 2. The van der Waals surface area contributed by atoms with Gasteiger partial charge in [0, 0.05) is 23.8 Å². The molecule has 5 aromatic rings. The number of benzene rings is 3. The number of aryl methyl sites for hydroxylation is 1. The van der Waals surface area contributed by atoms with Gasteiger partial charge in [-0.2, -0.15) is 35.5 Å². The standard InChI is InChI=1S/C36H26F6N2/c1-22-33-28(26-12-5-6-13-27(26)32-15-7-8-18-44(32)33)17-16-24-20-30(35(37,38)39)31(36(40,41)42)21-29(24)34-25(14-9-19-43(22)34)23-10-3-2-4-11-23/h2-15,18-21,28,33H,1,16-17H2/q+2. The summed E-state index contributed by atoms with van der Waals surface area (Å²) >= 11 is 0. The number of pyridine rings is 2. The molecule has 2 unspecified atom stereocenters. The van der Waals surface area contributed by atoms with Gasteiger partial charge in [0.25, 0.3) is 0 Å². The molecule has 2 nitrogen and oxygen atoms in total. The highest BCUT2D eigenvalue weighted by atomic mass is 19.4. The van der Waals surface area contributed by atoms with Crippen LogP contribution in [0.3, 0.4) is 0 Å². The number of halogens is 6. The van der Waals surface area contributed by atoms with Crippen molar-refractivity contribution in [2.24, 2.45) is 0 Å². The zero-order valence-electron chi connectivity index (χ0n) is 23.3. The smallest absolute Gasteiger partial charge is 0.184 e. The lowest BCUT2D eigenvalue weighted by atomic mass is 9.78. The average Bonchev–Trinajstić information content (AvgIpc) is 3.06. The summed E-state index contributed by atoms with van der Waals surface area (Å²) in [7, 11) is 0. The summed E-state index contributed by atoms with van der Waals surface area (Å²) in [5.74, 6) is -0.207. The van der Waals surface area contributed by atoms with Crippen LogP contribution in [0.1, 0.15) is 40.6 Å². The first-order valence-electron chi connectivity index (χ1n) is 14.2. The third-order valence-corrected chi connectivity index (χ3v) is 8.77. The predicted octanol–water partition coefficient (Wildman–Crippen LogP) is 9.06. The number of aromatic nitrogens is 2. The highest BCUT2D eigenvalue weighted by molar-refractivity contribution is 5.82. The van der Waals surface area contributed by atoms with Crippen LogP contribution in [0, 0.1) is 0 Å². The van der Waals surface area contributed by atoms with Crippen LogP contribution in [0.5, 0.6) is 0 Å². The van der Waals surface area contributed by atoms with E-state index in [0.29, 0.717) is 35.5 Å². The molecule has 0 saturated carbocycles. The summed E-state index contributed by atoms with van der Waals surface area (Å²) in [5.41, 5.74) is 2.22. The normalized spacial score (nSPS) is 17.6. The molecule has 2 atom stereocenters. The molecular formula is C36H26F6N2+2. The maximum absolute atomic E-state index is 14.3. The van der Waals surface area contributed by atoms with Crippen molar-refractivity contribution in [2.45, 2.75) is 37.2 Å². The largest absolute Gasteiger partial charge is 0.417 e. The second kappa shape index (κ2) is 10.2. The summed E-state index contributed by atoms with van der Waals surface area (Å²) < 4.78 is 89.6. The Morgan fingerprint density at radius 1 is 0.659 bits per heavy atom. The van der Waals surface area contributed by atoms with Crippen LogP contribution >= 0.6 is 0 Å². The molecule has 0 fully saturated rings. The number of hydrogen-bond acceptors (Lipinski definition) is 0. The molecule has 0 bridgehead atoms. The van der Waals surface area contributed by atoms with Crippen molar-refractivity contribution in [3.63, 3.8) is 0 Å². The molecule has 220 valence electrons. The molecule has 2 aliphatic heterocycles. The van der Waals surface area contributed by atoms with Gasteiger partial charge in [-0.3, -0.25) is 0 Å². The van der Waals surface area contributed by atoms with Crippen LogP contribution in [-0.4, -0.2) is 0 Å². The van der Waals surface area contributed by atoms with Crippen LogP contribution in [0.2, 0.25) is 0 Å². The van der Waals surface area contributed by atoms with Gasteiger partial charge in [-0.15, -0.1) is 0 Å². The van der Waals surface area contributed by atoms with Crippen molar-refractivity contribution in [2.75, 3.05) is 0 Å². The third-order valence-electron chi connectivity index (χ3n) is 8.77. The summed E-state index contributed by atoms with van der Waals surface area (Å²) in [6, 6.07) is 27.6. The van der Waals surface area contributed by atoms with Gasteiger partial charge in [0.2, 0.25) is 23.1 Å². The highest BCUT2D eigenvalue weighted by Gasteiger charge is 2.49. The van der Waals surface area contributed by atoms with E-state index >= 15 is 0 Å². The maximum Gasteiger partial charge on any atom is 0.417 e. The maximum atomic E-state index is 14.3. The highest BCUT2D eigenvalue weighted by Crippen LogP contribution is 2.48. The van der Waals surface area contributed by atoms with E-state index in [0.717, 1.165) is 22.4 Å². The van der Waals surface area contributed by atoms with E-state index in [1.54, 1.807) is 22.9 Å². The van der Waals surface area contributed by atoms with E-state index < -0.39 is 23.5 Å². The van der Waals surface area contributed by atoms with Crippen LogP contribution in [-0.2, 0) is 18.8 Å². The van der Waals surface area contributed by atoms with Crippen molar-refractivity contribution >= 4 is 5.70 Å². The van der Waals surface area contributed by atoms with Crippen LogP contribution in [0.25, 0.3) is 39.3 Å². The van der Waals surface area contributed by atoms with Gasteiger partial charge in [-0.25, -0.2) is 0 Å². The number of rotatable bonds is 1. The lowest BCUT2D eigenvalue weighted by Gasteiger charge is -2.29. The van der Waals surface area contributed by atoms with E-state index in [1.165, 1.54) is 0 Å². The summed E-state index contributed by atoms with van der Waals surface area (Å²) in [6.07, 6.45) is -6.18. The molecule has 0 radical (unpaired) electrons. The molecule has 0 saturated heterocycles. The van der Waals surface area contributed by atoms with Crippen molar-refractivity contribution in [1.82, 2.24) is 0 Å². The fraction of sp³-hybridized carbons (Fsp3) is 0.167. The van der Waals surface area contributed by atoms with E-state index in [-0.39, 0.29) is 29.5 Å². The summed E-state index contributed by atoms with van der Waals surface area (Å²) in [4.78, 5) is 0. The molecule has 3 aromatic carbocycles. The van der Waals surface area contributed by atoms with Gasteiger partial charge in [0.1, 0.15) is 0 Å². The van der Waals surface area contributed by atoms with Gasteiger partial charge in [-0.05, 0) is 66.4 Å². The molecule has 0 N–H and O–H groups in total. The zero-order chi connectivity index (χ0) is 30.8. The molecule has 0 spiro atoms. The minimum Gasteiger partial charge on any atom is -0.184 e. The molecule has 0 aliphatic carbocycles. The van der Waals surface area contributed by atoms with Crippen molar-refractivity contribution in [3.05, 3.63) is 138 Å². The third kappa shape index (κ3) is 4.51. The van der Waals surface area contributed by atoms with E-state index in [9.17, 15) is 26.3 Å². The van der Waals surface area contributed by atoms with Crippen molar-refractivity contribution < 1.29 is 35.5 Å². The van der Waals surface area contributed by atoms with E-state index in [4.69, 9.17) is 0 Å². The number of hydrogen-bond donors (Lipinski definition) is 0. The average molecular weight is 601 g/mol. The molecular weight excluding hydrogens is 574 g/mol. The Bertz CT molecular complexity index is 1920. The molecule has 2 aliphatic rings. The number of alkyl halides is 6. The van der Waals surface area contributed by atoms with E-state index in [2.05, 4.69) is 11.1 Å². The Kier molecular flexibility index (Phi) is 6.50. The Balaban J connectivity index is 1.58. The molecule has 8 heteroatoms. The first-order valence-corrected chi connectivity index (χ1v) is 14.2. The Labute approximate surface area is 250 Å². The molecule has 2 aromatic heterocycles. The monoisotopic (exact) mass is 600 g/mol. The van der Waals surface area contributed by atoms with Crippen LogP contribution in [0.15, 0.2) is 116 Å². The Hall–Kier alpha value is -4.72. The number of allylic oxidation sites excluding steroid dienone is 1. The molecule has 0 amide bonds. The minimum atomic E-state index is -5.22. The SMILES string of the molecule is C=C1C2C(CCc3cc(C(F)(F)F)c(C(F)(F)F)cc3-c3c(-c4ccccc4)ccc[n+]31)c1ccccc1-c1cccc[n+]12. The summed E-state index contributed by atoms with van der Waals surface area (Å²) in [6.45, 7) is 4.53.